The molecule has 0 saturated carbocycles. The number of carbonyl (C=O) groups is 2. The highest BCUT2D eigenvalue weighted by Gasteiger charge is 2.08. The van der Waals surface area contributed by atoms with Gasteiger partial charge in [0.1, 0.15) is 5.75 Å². The molecule has 2 aromatic rings. The van der Waals surface area contributed by atoms with Crippen LogP contribution in [0.15, 0.2) is 61.2 Å². The zero-order valence-corrected chi connectivity index (χ0v) is 14.0. The minimum Gasteiger partial charge on any atom is -0.497 e. The molecule has 0 saturated heterocycles. The van der Waals surface area contributed by atoms with Crippen LogP contribution >= 0.6 is 0 Å². The van der Waals surface area contributed by atoms with Crippen LogP contribution in [-0.2, 0) is 4.79 Å². The Morgan fingerprint density at radius 3 is 2.28 bits per heavy atom. The molecule has 0 fully saturated rings. The lowest BCUT2D eigenvalue weighted by molar-refractivity contribution is -0.129. The number of methoxy groups -OCH3 is 2. The lowest BCUT2D eigenvalue weighted by Gasteiger charge is -2.08. The van der Waals surface area contributed by atoms with Crippen molar-refractivity contribution in [2.75, 3.05) is 14.2 Å². The summed E-state index contributed by atoms with van der Waals surface area (Å²) in [5.74, 6) is 0.648. The minimum atomic E-state index is -0.573. The predicted octanol–water partition coefficient (Wildman–Crippen LogP) is 3.69. The first-order valence-electron chi connectivity index (χ1n) is 7.46. The summed E-state index contributed by atoms with van der Waals surface area (Å²) in [5, 5.41) is 0. The zero-order valence-electron chi connectivity index (χ0n) is 14.0. The molecule has 128 valence electrons. The number of rotatable bonds is 7. The van der Waals surface area contributed by atoms with Crippen LogP contribution < -0.4 is 14.2 Å². The van der Waals surface area contributed by atoms with E-state index in [0.29, 0.717) is 17.1 Å². The van der Waals surface area contributed by atoms with Gasteiger partial charge in [0.05, 0.1) is 14.2 Å². The fraction of sp³-hybridized carbons (Fsp3) is 0.100. The summed E-state index contributed by atoms with van der Waals surface area (Å²) >= 11 is 0. The normalized spacial score (nSPS) is 10.3. The SMILES string of the molecule is C=CC(=O)Oc1ccc(/C=C/C(=O)c2ccc(OC)cc2)cc1OC. The summed E-state index contributed by atoms with van der Waals surface area (Å²) in [6.07, 6.45) is 4.20. The standard InChI is InChI=1S/C20H18O5/c1-4-20(22)25-18-12-6-14(13-19(18)24-3)5-11-17(21)15-7-9-16(23-2)10-8-15/h4-13H,1H2,2-3H3/b11-5+. The van der Waals surface area contributed by atoms with E-state index in [1.807, 2.05) is 0 Å². The maximum atomic E-state index is 12.2. The Morgan fingerprint density at radius 2 is 1.68 bits per heavy atom. The Balaban J connectivity index is 2.15. The van der Waals surface area contributed by atoms with Gasteiger partial charge >= 0.3 is 5.97 Å². The van der Waals surface area contributed by atoms with Crippen molar-refractivity contribution in [1.82, 2.24) is 0 Å². The van der Waals surface area contributed by atoms with Gasteiger partial charge in [-0.05, 0) is 48.0 Å². The van der Waals surface area contributed by atoms with Crippen molar-refractivity contribution >= 4 is 17.8 Å². The van der Waals surface area contributed by atoms with E-state index >= 15 is 0 Å². The van der Waals surface area contributed by atoms with E-state index < -0.39 is 5.97 Å². The van der Waals surface area contributed by atoms with Gasteiger partial charge in [0.2, 0.25) is 0 Å². The van der Waals surface area contributed by atoms with Gasteiger partial charge in [-0.1, -0.05) is 18.7 Å². The largest absolute Gasteiger partial charge is 0.497 e. The Kier molecular flexibility index (Phi) is 6.12. The van der Waals surface area contributed by atoms with Gasteiger partial charge in [-0.3, -0.25) is 4.79 Å². The summed E-state index contributed by atoms with van der Waals surface area (Å²) in [5.41, 5.74) is 1.29. The van der Waals surface area contributed by atoms with Gasteiger partial charge in [-0.15, -0.1) is 0 Å². The molecule has 0 aliphatic carbocycles. The second-order valence-corrected chi connectivity index (χ2v) is 4.96. The van der Waals surface area contributed by atoms with Crippen LogP contribution in [0.4, 0.5) is 0 Å². The third-order valence-corrected chi connectivity index (χ3v) is 3.37. The number of ether oxygens (including phenoxy) is 3. The second-order valence-electron chi connectivity index (χ2n) is 4.96. The number of ketones is 1. The molecule has 2 rings (SSSR count). The maximum Gasteiger partial charge on any atom is 0.335 e. The number of esters is 1. The maximum absolute atomic E-state index is 12.2. The molecule has 5 nitrogen and oxygen atoms in total. The zero-order chi connectivity index (χ0) is 18.2. The third kappa shape index (κ3) is 4.81. The van der Waals surface area contributed by atoms with E-state index in [-0.39, 0.29) is 11.5 Å². The van der Waals surface area contributed by atoms with Crippen molar-refractivity contribution in [2.24, 2.45) is 0 Å². The predicted molar refractivity (Wildman–Crippen MR) is 95.2 cm³/mol. The fourth-order valence-electron chi connectivity index (χ4n) is 2.05. The highest BCUT2D eigenvalue weighted by atomic mass is 16.6. The highest BCUT2D eigenvalue weighted by molar-refractivity contribution is 6.06. The van der Waals surface area contributed by atoms with Crippen LogP contribution in [0, 0.1) is 0 Å². The molecule has 0 aliphatic rings. The molecule has 0 aliphatic heterocycles. The van der Waals surface area contributed by atoms with Crippen molar-refractivity contribution in [3.8, 4) is 17.2 Å². The smallest absolute Gasteiger partial charge is 0.335 e. The molecule has 0 radical (unpaired) electrons. The second kappa shape index (κ2) is 8.49. The summed E-state index contributed by atoms with van der Waals surface area (Å²) in [4.78, 5) is 23.5. The third-order valence-electron chi connectivity index (χ3n) is 3.37. The first-order valence-corrected chi connectivity index (χ1v) is 7.46. The van der Waals surface area contributed by atoms with Crippen molar-refractivity contribution in [3.63, 3.8) is 0 Å². The summed E-state index contributed by atoms with van der Waals surface area (Å²) < 4.78 is 15.3. The van der Waals surface area contributed by atoms with Gasteiger partial charge < -0.3 is 14.2 Å². The molecule has 0 bridgehead atoms. The van der Waals surface area contributed by atoms with Crippen LogP contribution in [0.25, 0.3) is 6.08 Å². The number of hydrogen-bond donors (Lipinski definition) is 0. The van der Waals surface area contributed by atoms with E-state index in [2.05, 4.69) is 6.58 Å². The van der Waals surface area contributed by atoms with Crippen LogP contribution in [-0.4, -0.2) is 26.0 Å². The average Bonchev–Trinajstić information content (AvgIpc) is 2.66. The van der Waals surface area contributed by atoms with Crippen LogP contribution in [0.5, 0.6) is 17.2 Å². The Labute approximate surface area is 146 Å². The van der Waals surface area contributed by atoms with Crippen molar-refractivity contribution in [2.45, 2.75) is 0 Å². The molecule has 0 N–H and O–H groups in total. The Hall–Kier alpha value is -3.34. The van der Waals surface area contributed by atoms with Gasteiger partial charge in [0.25, 0.3) is 0 Å². The molecule has 0 aromatic heterocycles. The molecule has 2 aromatic carbocycles. The molecular formula is C20H18O5. The molecule has 0 spiro atoms. The van der Waals surface area contributed by atoms with E-state index in [4.69, 9.17) is 14.2 Å². The van der Waals surface area contributed by atoms with Gasteiger partial charge in [-0.25, -0.2) is 4.79 Å². The quantitative estimate of drug-likeness (QED) is 0.333. The van der Waals surface area contributed by atoms with E-state index in [1.54, 1.807) is 55.7 Å². The molecule has 25 heavy (non-hydrogen) atoms. The lowest BCUT2D eigenvalue weighted by Crippen LogP contribution is -2.04. The molecule has 0 atom stereocenters. The lowest BCUT2D eigenvalue weighted by atomic mass is 10.1. The number of allylic oxidation sites excluding steroid dienone is 1. The molecule has 0 unspecified atom stereocenters. The minimum absolute atomic E-state index is 0.135. The summed E-state index contributed by atoms with van der Waals surface area (Å²) in [7, 11) is 3.04. The van der Waals surface area contributed by atoms with Crippen molar-refractivity contribution < 1.29 is 23.8 Å². The topological polar surface area (TPSA) is 61.8 Å². The van der Waals surface area contributed by atoms with Gasteiger partial charge in [0, 0.05) is 11.6 Å². The van der Waals surface area contributed by atoms with E-state index in [1.165, 1.54) is 13.2 Å². The number of benzene rings is 2. The molecule has 0 amide bonds. The van der Waals surface area contributed by atoms with E-state index in [9.17, 15) is 9.59 Å². The summed E-state index contributed by atoms with van der Waals surface area (Å²) in [6.45, 7) is 3.35. The van der Waals surface area contributed by atoms with Crippen LogP contribution in [0.3, 0.4) is 0 Å². The Bertz CT molecular complexity index is 803. The van der Waals surface area contributed by atoms with Crippen LogP contribution in [0.1, 0.15) is 15.9 Å². The first kappa shape index (κ1) is 18.0. The summed E-state index contributed by atoms with van der Waals surface area (Å²) in [6, 6.07) is 11.8. The van der Waals surface area contributed by atoms with Crippen molar-refractivity contribution in [3.05, 3.63) is 72.3 Å². The monoisotopic (exact) mass is 338 g/mol. The molecule has 0 heterocycles. The van der Waals surface area contributed by atoms with Gasteiger partial charge in [-0.2, -0.15) is 0 Å². The van der Waals surface area contributed by atoms with Gasteiger partial charge in [0.15, 0.2) is 17.3 Å². The number of hydrogen-bond acceptors (Lipinski definition) is 5. The Morgan fingerprint density at radius 1 is 0.960 bits per heavy atom. The highest BCUT2D eigenvalue weighted by Crippen LogP contribution is 2.28. The van der Waals surface area contributed by atoms with Crippen molar-refractivity contribution in [1.29, 1.82) is 0 Å². The average molecular weight is 338 g/mol. The number of carbonyl (C=O) groups excluding carboxylic acids is 2. The fourth-order valence-corrected chi connectivity index (χ4v) is 2.05. The molecular weight excluding hydrogens is 320 g/mol. The molecule has 5 heteroatoms. The first-order chi connectivity index (χ1) is 12.1. The van der Waals surface area contributed by atoms with Crippen LogP contribution in [0.2, 0.25) is 0 Å². The van der Waals surface area contributed by atoms with E-state index in [0.717, 1.165) is 11.6 Å².